The molecule has 0 spiro atoms. The Hall–Kier alpha value is -1.31. The van der Waals surface area contributed by atoms with Gasteiger partial charge in [0.1, 0.15) is 13.2 Å². The Morgan fingerprint density at radius 1 is 1.05 bits per heavy atom. The van der Waals surface area contributed by atoms with Crippen LogP contribution in [0.25, 0.3) is 0 Å². The van der Waals surface area contributed by atoms with Crippen molar-refractivity contribution in [3.8, 4) is 11.5 Å². The summed E-state index contributed by atoms with van der Waals surface area (Å²) in [5, 5.41) is 3.32. The monoisotopic (exact) mass is 310 g/mol. The summed E-state index contributed by atoms with van der Waals surface area (Å²) in [6.07, 6.45) is 0. The number of sulfonamides is 1. The highest BCUT2D eigenvalue weighted by atomic mass is 32.2. The third kappa shape index (κ3) is 2.20. The summed E-state index contributed by atoms with van der Waals surface area (Å²) in [6, 6.07) is 4.87. The normalized spacial score (nSPS) is 28.6. The highest BCUT2D eigenvalue weighted by Crippen LogP contribution is 2.35. The van der Waals surface area contributed by atoms with E-state index in [1.165, 1.54) is 0 Å². The van der Waals surface area contributed by atoms with E-state index >= 15 is 0 Å². The Morgan fingerprint density at radius 2 is 1.71 bits per heavy atom. The first-order valence-electron chi connectivity index (χ1n) is 7.25. The first-order chi connectivity index (χ1) is 10.1. The predicted molar refractivity (Wildman–Crippen MR) is 76.0 cm³/mol. The van der Waals surface area contributed by atoms with Crippen LogP contribution >= 0.6 is 0 Å². The molecule has 1 aromatic carbocycles. The number of hydrogen-bond donors (Lipinski definition) is 1. The first-order valence-corrected chi connectivity index (χ1v) is 8.69. The molecule has 2 unspecified atom stereocenters. The number of benzene rings is 1. The van der Waals surface area contributed by atoms with Crippen molar-refractivity contribution in [2.24, 2.45) is 11.8 Å². The van der Waals surface area contributed by atoms with Gasteiger partial charge >= 0.3 is 0 Å². The van der Waals surface area contributed by atoms with Crippen LogP contribution in [0.15, 0.2) is 23.1 Å². The third-order valence-electron chi connectivity index (χ3n) is 4.51. The number of nitrogens with one attached hydrogen (secondary N) is 1. The third-order valence-corrected chi connectivity index (χ3v) is 6.34. The minimum atomic E-state index is -3.44. The fraction of sp³-hybridized carbons (Fsp3) is 0.571. The molecule has 1 aromatic rings. The molecule has 2 saturated heterocycles. The lowest BCUT2D eigenvalue weighted by Gasteiger charge is -2.21. The fourth-order valence-corrected chi connectivity index (χ4v) is 4.91. The smallest absolute Gasteiger partial charge is 0.243 e. The van der Waals surface area contributed by atoms with E-state index in [-0.39, 0.29) is 0 Å². The van der Waals surface area contributed by atoms with Crippen LogP contribution in [0, 0.1) is 11.8 Å². The Kier molecular flexibility index (Phi) is 3.09. The summed E-state index contributed by atoms with van der Waals surface area (Å²) in [5.41, 5.74) is 0. The number of fused-ring (bicyclic) bond motifs is 2. The molecule has 2 fully saturated rings. The second-order valence-electron chi connectivity index (χ2n) is 5.81. The number of rotatable bonds is 2. The first kappa shape index (κ1) is 13.4. The van der Waals surface area contributed by atoms with Gasteiger partial charge in [0.25, 0.3) is 0 Å². The van der Waals surface area contributed by atoms with Gasteiger partial charge in [0, 0.05) is 19.2 Å². The van der Waals surface area contributed by atoms with Crippen molar-refractivity contribution in [1.82, 2.24) is 9.62 Å². The Balaban J connectivity index is 1.63. The summed E-state index contributed by atoms with van der Waals surface area (Å²) in [5.74, 6) is 2.01. The maximum Gasteiger partial charge on any atom is 0.243 e. The lowest BCUT2D eigenvalue weighted by Crippen LogP contribution is -2.32. The topological polar surface area (TPSA) is 67.9 Å². The highest BCUT2D eigenvalue weighted by Gasteiger charge is 2.41. The number of hydrogen-bond acceptors (Lipinski definition) is 5. The van der Waals surface area contributed by atoms with Gasteiger partial charge < -0.3 is 14.8 Å². The molecule has 0 amide bonds. The van der Waals surface area contributed by atoms with Gasteiger partial charge in [0.05, 0.1) is 4.90 Å². The summed E-state index contributed by atoms with van der Waals surface area (Å²) in [7, 11) is -3.44. The van der Waals surface area contributed by atoms with Gasteiger partial charge in [-0.1, -0.05) is 0 Å². The van der Waals surface area contributed by atoms with Crippen molar-refractivity contribution in [3.05, 3.63) is 18.2 Å². The van der Waals surface area contributed by atoms with Crippen LogP contribution in [0.5, 0.6) is 11.5 Å². The van der Waals surface area contributed by atoms with Crippen LogP contribution in [0.4, 0.5) is 0 Å². The average Bonchev–Trinajstić information content (AvgIpc) is 3.08. The molecule has 6 nitrogen and oxygen atoms in total. The zero-order chi connectivity index (χ0) is 14.4. The van der Waals surface area contributed by atoms with E-state index in [0.717, 1.165) is 13.1 Å². The second-order valence-corrected chi connectivity index (χ2v) is 7.74. The fourth-order valence-electron chi connectivity index (χ4n) is 3.34. The molecule has 3 aliphatic heterocycles. The number of ether oxygens (including phenoxy) is 2. The molecule has 7 heteroatoms. The van der Waals surface area contributed by atoms with E-state index in [1.807, 2.05) is 0 Å². The molecule has 2 atom stereocenters. The van der Waals surface area contributed by atoms with Crippen LogP contribution in [0.3, 0.4) is 0 Å². The maximum absolute atomic E-state index is 12.8. The van der Waals surface area contributed by atoms with Crippen LogP contribution in [0.1, 0.15) is 0 Å². The van der Waals surface area contributed by atoms with Crippen molar-refractivity contribution in [3.63, 3.8) is 0 Å². The quantitative estimate of drug-likeness (QED) is 0.851. The standard InChI is InChI=1S/C14H18N2O4S/c17-21(18,16-8-10-6-15-7-11(10)9-16)12-1-2-13-14(5-12)20-4-3-19-13/h1-2,5,10-11,15H,3-4,6-9H2. The van der Waals surface area contributed by atoms with Crippen molar-refractivity contribution >= 4 is 10.0 Å². The molecule has 0 bridgehead atoms. The highest BCUT2D eigenvalue weighted by molar-refractivity contribution is 7.89. The molecule has 0 saturated carbocycles. The molecule has 3 heterocycles. The van der Waals surface area contributed by atoms with E-state index in [9.17, 15) is 8.42 Å². The lowest BCUT2D eigenvalue weighted by molar-refractivity contribution is 0.171. The van der Waals surface area contributed by atoms with Gasteiger partial charge in [0.2, 0.25) is 10.0 Å². The van der Waals surface area contributed by atoms with Crippen LogP contribution in [-0.4, -0.2) is 52.1 Å². The molecule has 0 radical (unpaired) electrons. The molecule has 21 heavy (non-hydrogen) atoms. The Labute approximate surface area is 124 Å². The predicted octanol–water partition coefficient (Wildman–Crippen LogP) is 0.298. The number of nitrogens with zero attached hydrogens (tertiary/aromatic N) is 1. The SMILES string of the molecule is O=S(=O)(c1ccc2c(c1)OCCO2)N1CC2CNCC2C1. The van der Waals surface area contributed by atoms with E-state index in [2.05, 4.69) is 5.32 Å². The molecule has 0 aliphatic carbocycles. The van der Waals surface area contributed by atoms with Gasteiger partial charge in [-0.05, 0) is 37.1 Å². The molecule has 3 aliphatic rings. The minimum absolute atomic E-state index is 0.291. The summed E-state index contributed by atoms with van der Waals surface area (Å²) in [4.78, 5) is 0.291. The molecular weight excluding hydrogens is 292 g/mol. The zero-order valence-corrected chi connectivity index (χ0v) is 12.4. The average molecular weight is 310 g/mol. The Bertz CT molecular complexity index is 649. The van der Waals surface area contributed by atoms with Crippen molar-refractivity contribution in [2.75, 3.05) is 39.4 Å². The van der Waals surface area contributed by atoms with Gasteiger partial charge in [-0.3, -0.25) is 0 Å². The molecular formula is C14H18N2O4S. The molecule has 0 aromatic heterocycles. The molecule has 114 valence electrons. The van der Waals surface area contributed by atoms with E-state index in [0.29, 0.717) is 54.5 Å². The van der Waals surface area contributed by atoms with Crippen LogP contribution in [-0.2, 0) is 10.0 Å². The Morgan fingerprint density at radius 3 is 2.43 bits per heavy atom. The van der Waals surface area contributed by atoms with Crippen molar-refractivity contribution in [1.29, 1.82) is 0 Å². The van der Waals surface area contributed by atoms with E-state index in [4.69, 9.17) is 9.47 Å². The second kappa shape index (κ2) is 4.86. The van der Waals surface area contributed by atoms with Gasteiger partial charge in [-0.25, -0.2) is 8.42 Å². The van der Waals surface area contributed by atoms with Crippen molar-refractivity contribution in [2.45, 2.75) is 4.90 Å². The summed E-state index contributed by atoms with van der Waals surface area (Å²) in [6.45, 7) is 4.00. The lowest BCUT2D eigenvalue weighted by atomic mass is 10.0. The van der Waals surface area contributed by atoms with Crippen LogP contribution in [0.2, 0.25) is 0 Å². The zero-order valence-electron chi connectivity index (χ0n) is 11.6. The van der Waals surface area contributed by atoms with Gasteiger partial charge in [0.15, 0.2) is 11.5 Å². The minimum Gasteiger partial charge on any atom is -0.486 e. The molecule has 4 rings (SSSR count). The van der Waals surface area contributed by atoms with Crippen molar-refractivity contribution < 1.29 is 17.9 Å². The molecule has 1 N–H and O–H groups in total. The van der Waals surface area contributed by atoms with Crippen LogP contribution < -0.4 is 14.8 Å². The summed E-state index contributed by atoms with van der Waals surface area (Å²) < 4.78 is 38.0. The summed E-state index contributed by atoms with van der Waals surface area (Å²) >= 11 is 0. The maximum atomic E-state index is 12.8. The van der Waals surface area contributed by atoms with Gasteiger partial charge in [-0.15, -0.1) is 0 Å². The van der Waals surface area contributed by atoms with E-state index in [1.54, 1.807) is 22.5 Å². The van der Waals surface area contributed by atoms with E-state index < -0.39 is 10.0 Å². The van der Waals surface area contributed by atoms with Gasteiger partial charge in [-0.2, -0.15) is 4.31 Å². The largest absolute Gasteiger partial charge is 0.486 e.